The number of nitrogens with one attached hydrogen (secondary N) is 1. The van der Waals surface area contributed by atoms with E-state index in [9.17, 15) is 0 Å². The number of hydrogen-bond donors (Lipinski definition) is 1. The lowest BCUT2D eigenvalue weighted by Crippen LogP contribution is -2.00. The van der Waals surface area contributed by atoms with Gasteiger partial charge < -0.3 is 9.88 Å². The van der Waals surface area contributed by atoms with Crippen molar-refractivity contribution in [3.63, 3.8) is 0 Å². The highest BCUT2D eigenvalue weighted by molar-refractivity contribution is 5.88. The number of anilines is 1. The quantitative estimate of drug-likeness (QED) is 0.659. The molecule has 3 heteroatoms. The summed E-state index contributed by atoms with van der Waals surface area (Å²) in [6.45, 7) is 2.13. The number of hydrogen-bond acceptors (Lipinski definition) is 2. The fourth-order valence-electron chi connectivity index (χ4n) is 1.91. The van der Waals surface area contributed by atoms with Crippen molar-refractivity contribution >= 4 is 16.7 Å². The van der Waals surface area contributed by atoms with Crippen molar-refractivity contribution in [3.8, 4) is 0 Å². The van der Waals surface area contributed by atoms with Crippen LogP contribution in [0.4, 0.5) is 5.69 Å². The molecule has 1 N–H and O–H groups in total. The van der Waals surface area contributed by atoms with Gasteiger partial charge >= 0.3 is 0 Å². The maximum atomic E-state index is 4.35. The molecule has 2 heterocycles. The van der Waals surface area contributed by atoms with Gasteiger partial charge in [0.1, 0.15) is 0 Å². The summed E-state index contributed by atoms with van der Waals surface area (Å²) in [5.74, 6) is 0. The van der Waals surface area contributed by atoms with Crippen LogP contribution in [0.1, 0.15) is 6.42 Å². The molecule has 3 nitrogen and oxygen atoms in total. The van der Waals surface area contributed by atoms with Crippen LogP contribution in [0.2, 0.25) is 0 Å². The highest BCUT2D eigenvalue weighted by atomic mass is 15.1. The van der Waals surface area contributed by atoms with E-state index in [0.717, 1.165) is 18.6 Å². The van der Waals surface area contributed by atoms with Crippen molar-refractivity contribution in [3.05, 3.63) is 24.5 Å². The molecular formula is C10H11N3. The minimum absolute atomic E-state index is 1.06. The van der Waals surface area contributed by atoms with Crippen molar-refractivity contribution in [2.45, 2.75) is 13.0 Å². The van der Waals surface area contributed by atoms with Gasteiger partial charge in [-0.2, -0.15) is 0 Å². The maximum absolute atomic E-state index is 4.35. The highest BCUT2D eigenvalue weighted by Crippen LogP contribution is 2.24. The van der Waals surface area contributed by atoms with E-state index in [1.54, 1.807) is 0 Å². The summed E-state index contributed by atoms with van der Waals surface area (Å²) in [4.78, 5) is 4.35. The number of rotatable bonds is 0. The zero-order valence-electron chi connectivity index (χ0n) is 7.33. The third-order valence-electron chi connectivity index (χ3n) is 2.53. The van der Waals surface area contributed by atoms with Crippen LogP contribution >= 0.6 is 0 Å². The molecule has 1 aliphatic heterocycles. The fraction of sp³-hybridized carbons (Fsp3) is 0.300. The Morgan fingerprint density at radius 2 is 2.38 bits per heavy atom. The van der Waals surface area contributed by atoms with E-state index in [1.807, 2.05) is 12.4 Å². The lowest BCUT2D eigenvalue weighted by molar-refractivity contribution is 0.688. The molecule has 0 radical (unpaired) electrons. The van der Waals surface area contributed by atoms with Crippen molar-refractivity contribution in [1.82, 2.24) is 9.55 Å². The van der Waals surface area contributed by atoms with Gasteiger partial charge in [-0.15, -0.1) is 0 Å². The Bertz CT molecular complexity index is 444. The number of aryl methyl sites for hydroxylation is 1. The average Bonchev–Trinajstić information content (AvgIpc) is 2.44. The topological polar surface area (TPSA) is 29.9 Å². The zero-order chi connectivity index (χ0) is 8.67. The van der Waals surface area contributed by atoms with E-state index in [-0.39, 0.29) is 0 Å². The maximum Gasteiger partial charge on any atom is 0.0958 e. The Labute approximate surface area is 76.4 Å². The first-order chi connectivity index (χ1) is 6.45. The molecule has 0 spiro atoms. The van der Waals surface area contributed by atoms with Crippen LogP contribution < -0.4 is 5.32 Å². The first-order valence-corrected chi connectivity index (χ1v) is 4.63. The SMILES string of the molecule is c1cc2c3c(c1)ncn3CCCN2. The molecule has 0 atom stereocenters. The fourth-order valence-corrected chi connectivity index (χ4v) is 1.91. The normalized spacial score (nSPS) is 15.4. The lowest BCUT2D eigenvalue weighted by Gasteiger charge is -2.02. The van der Waals surface area contributed by atoms with Gasteiger partial charge in [0.05, 0.1) is 23.0 Å². The third kappa shape index (κ3) is 0.932. The van der Waals surface area contributed by atoms with Crippen LogP contribution in [-0.4, -0.2) is 16.1 Å². The highest BCUT2D eigenvalue weighted by Gasteiger charge is 2.09. The van der Waals surface area contributed by atoms with Crippen LogP contribution in [-0.2, 0) is 6.54 Å². The summed E-state index contributed by atoms with van der Waals surface area (Å²) in [6.07, 6.45) is 3.10. The van der Waals surface area contributed by atoms with Crippen LogP contribution in [0.15, 0.2) is 24.5 Å². The van der Waals surface area contributed by atoms with Gasteiger partial charge in [-0.3, -0.25) is 0 Å². The van der Waals surface area contributed by atoms with E-state index in [4.69, 9.17) is 0 Å². The smallest absolute Gasteiger partial charge is 0.0958 e. The van der Waals surface area contributed by atoms with Crippen molar-refractivity contribution in [2.75, 3.05) is 11.9 Å². The molecule has 3 rings (SSSR count). The van der Waals surface area contributed by atoms with Gasteiger partial charge in [-0.1, -0.05) is 6.07 Å². The molecule has 0 saturated carbocycles. The van der Waals surface area contributed by atoms with E-state index in [1.165, 1.54) is 17.6 Å². The molecule has 0 fully saturated rings. The largest absolute Gasteiger partial charge is 0.383 e. The van der Waals surface area contributed by atoms with Gasteiger partial charge in [0.2, 0.25) is 0 Å². The van der Waals surface area contributed by atoms with Crippen LogP contribution in [0.3, 0.4) is 0 Å². The number of para-hydroxylation sites is 1. The molecule has 0 unspecified atom stereocenters. The van der Waals surface area contributed by atoms with Gasteiger partial charge in [-0.25, -0.2) is 4.98 Å². The summed E-state index contributed by atoms with van der Waals surface area (Å²) in [5, 5.41) is 3.41. The molecule has 0 saturated heterocycles. The van der Waals surface area contributed by atoms with E-state index in [2.05, 4.69) is 27.0 Å². The number of imidazole rings is 1. The van der Waals surface area contributed by atoms with Crippen molar-refractivity contribution < 1.29 is 0 Å². The summed E-state index contributed by atoms with van der Waals surface area (Å²) in [6, 6.07) is 6.22. The minimum atomic E-state index is 1.06. The first-order valence-electron chi connectivity index (χ1n) is 4.63. The monoisotopic (exact) mass is 173 g/mol. The number of benzene rings is 1. The van der Waals surface area contributed by atoms with E-state index < -0.39 is 0 Å². The molecule has 2 aromatic rings. The molecule has 1 aliphatic rings. The molecule has 0 bridgehead atoms. The Morgan fingerprint density at radius 3 is 3.38 bits per heavy atom. The van der Waals surface area contributed by atoms with Crippen LogP contribution in [0.5, 0.6) is 0 Å². The third-order valence-corrected chi connectivity index (χ3v) is 2.53. The van der Waals surface area contributed by atoms with Crippen LogP contribution in [0, 0.1) is 0 Å². The van der Waals surface area contributed by atoms with Gasteiger partial charge in [-0.05, 0) is 18.6 Å². The summed E-state index contributed by atoms with van der Waals surface area (Å²) >= 11 is 0. The molecule has 1 aromatic heterocycles. The van der Waals surface area contributed by atoms with E-state index in [0.29, 0.717) is 0 Å². The molecular weight excluding hydrogens is 162 g/mol. The predicted molar refractivity (Wildman–Crippen MR) is 52.8 cm³/mol. The summed E-state index contributed by atoms with van der Waals surface area (Å²) in [7, 11) is 0. The first kappa shape index (κ1) is 6.95. The Balaban J connectivity index is 2.40. The lowest BCUT2D eigenvalue weighted by atomic mass is 10.2. The second kappa shape index (κ2) is 2.49. The molecule has 0 amide bonds. The molecule has 1 aromatic carbocycles. The van der Waals surface area contributed by atoms with Gasteiger partial charge in [0.25, 0.3) is 0 Å². The molecule has 13 heavy (non-hydrogen) atoms. The van der Waals surface area contributed by atoms with Crippen molar-refractivity contribution in [2.24, 2.45) is 0 Å². The second-order valence-electron chi connectivity index (χ2n) is 3.39. The number of nitrogens with zero attached hydrogens (tertiary/aromatic N) is 2. The summed E-state index contributed by atoms with van der Waals surface area (Å²) in [5.41, 5.74) is 3.56. The Kier molecular flexibility index (Phi) is 1.33. The minimum Gasteiger partial charge on any atom is -0.383 e. The predicted octanol–water partition coefficient (Wildman–Crippen LogP) is 1.85. The molecule has 0 aliphatic carbocycles. The zero-order valence-corrected chi connectivity index (χ0v) is 7.33. The van der Waals surface area contributed by atoms with Crippen molar-refractivity contribution in [1.29, 1.82) is 0 Å². The Morgan fingerprint density at radius 1 is 1.38 bits per heavy atom. The average molecular weight is 173 g/mol. The van der Waals surface area contributed by atoms with E-state index >= 15 is 0 Å². The summed E-state index contributed by atoms with van der Waals surface area (Å²) < 4.78 is 2.23. The second-order valence-corrected chi connectivity index (χ2v) is 3.39. The van der Waals surface area contributed by atoms with Crippen LogP contribution in [0.25, 0.3) is 11.0 Å². The van der Waals surface area contributed by atoms with Gasteiger partial charge in [0, 0.05) is 13.1 Å². The number of aromatic nitrogens is 2. The Hall–Kier alpha value is -1.51. The molecule has 66 valence electrons. The van der Waals surface area contributed by atoms with Gasteiger partial charge in [0.15, 0.2) is 0 Å². The standard InChI is InChI=1S/C10H11N3/c1-3-8-10-9(4-1)12-7-13(10)6-2-5-11-8/h1,3-4,7,11H,2,5-6H2.